The summed E-state index contributed by atoms with van der Waals surface area (Å²) in [6, 6.07) is 15.0. The lowest BCUT2D eigenvalue weighted by molar-refractivity contribution is 0.446. The Hall–Kier alpha value is -1.96. The topological polar surface area (TPSA) is 29.5 Å². The minimum absolute atomic E-state index is 0.303. The van der Waals surface area contributed by atoms with Crippen LogP contribution in [0.2, 0.25) is 0 Å². The van der Waals surface area contributed by atoms with Gasteiger partial charge in [0.05, 0.1) is 0 Å². The van der Waals surface area contributed by atoms with Gasteiger partial charge in [-0.25, -0.2) is 0 Å². The molecular formula is C16H18O2. The highest BCUT2D eigenvalue weighted by Crippen LogP contribution is 2.28. The number of hydrogen-bond donors (Lipinski definition) is 1. The van der Waals surface area contributed by atoms with Gasteiger partial charge in [0, 0.05) is 6.07 Å². The van der Waals surface area contributed by atoms with Crippen molar-refractivity contribution < 1.29 is 9.84 Å². The Morgan fingerprint density at radius 2 is 1.72 bits per heavy atom. The molecule has 0 saturated carbocycles. The van der Waals surface area contributed by atoms with Crippen LogP contribution in [0.1, 0.15) is 19.4 Å². The number of ether oxygens (including phenoxy) is 1. The summed E-state index contributed by atoms with van der Waals surface area (Å²) in [5.74, 6) is 2.26. The van der Waals surface area contributed by atoms with Gasteiger partial charge in [-0.1, -0.05) is 38.1 Å². The fourth-order valence-electron chi connectivity index (χ4n) is 1.84. The second-order valence-corrected chi connectivity index (χ2v) is 4.80. The molecule has 0 aliphatic heterocycles. The van der Waals surface area contributed by atoms with Crippen molar-refractivity contribution in [2.45, 2.75) is 20.3 Å². The number of phenols is 1. The summed E-state index contributed by atoms with van der Waals surface area (Å²) >= 11 is 0. The van der Waals surface area contributed by atoms with Crippen LogP contribution in [0.15, 0.2) is 48.5 Å². The van der Waals surface area contributed by atoms with Gasteiger partial charge in [0.1, 0.15) is 17.2 Å². The van der Waals surface area contributed by atoms with E-state index in [-0.39, 0.29) is 0 Å². The van der Waals surface area contributed by atoms with E-state index >= 15 is 0 Å². The molecule has 0 aromatic heterocycles. The number of hydrogen-bond acceptors (Lipinski definition) is 2. The van der Waals surface area contributed by atoms with Crippen LogP contribution in [0.5, 0.6) is 17.2 Å². The second-order valence-electron chi connectivity index (χ2n) is 4.80. The molecule has 2 aromatic carbocycles. The zero-order valence-electron chi connectivity index (χ0n) is 10.8. The van der Waals surface area contributed by atoms with Crippen LogP contribution in [-0.2, 0) is 6.42 Å². The van der Waals surface area contributed by atoms with Crippen molar-refractivity contribution in [1.29, 1.82) is 0 Å². The van der Waals surface area contributed by atoms with E-state index in [0.29, 0.717) is 17.4 Å². The highest BCUT2D eigenvalue weighted by molar-refractivity contribution is 5.41. The monoisotopic (exact) mass is 242 g/mol. The highest BCUT2D eigenvalue weighted by atomic mass is 16.5. The van der Waals surface area contributed by atoms with E-state index in [2.05, 4.69) is 13.8 Å². The van der Waals surface area contributed by atoms with Crippen LogP contribution in [-0.4, -0.2) is 5.11 Å². The molecule has 0 aliphatic carbocycles. The normalized spacial score (nSPS) is 10.6. The Kier molecular flexibility index (Phi) is 3.88. The summed E-state index contributed by atoms with van der Waals surface area (Å²) < 4.78 is 5.66. The van der Waals surface area contributed by atoms with Crippen LogP contribution in [0, 0.1) is 5.92 Å². The minimum Gasteiger partial charge on any atom is -0.508 e. The molecule has 0 aliphatic rings. The maximum atomic E-state index is 9.94. The van der Waals surface area contributed by atoms with Gasteiger partial charge in [0.25, 0.3) is 0 Å². The Labute approximate surface area is 108 Å². The van der Waals surface area contributed by atoms with Crippen molar-refractivity contribution in [3.63, 3.8) is 0 Å². The van der Waals surface area contributed by atoms with E-state index in [9.17, 15) is 5.11 Å². The molecule has 0 radical (unpaired) electrons. The van der Waals surface area contributed by atoms with Gasteiger partial charge in [-0.2, -0.15) is 0 Å². The van der Waals surface area contributed by atoms with E-state index in [1.165, 1.54) is 0 Å². The molecule has 0 heterocycles. The van der Waals surface area contributed by atoms with Gasteiger partial charge in [-0.05, 0) is 36.1 Å². The van der Waals surface area contributed by atoms with E-state index < -0.39 is 0 Å². The molecule has 0 amide bonds. The first-order valence-corrected chi connectivity index (χ1v) is 6.20. The molecule has 2 aromatic rings. The summed E-state index contributed by atoms with van der Waals surface area (Å²) in [7, 11) is 0. The van der Waals surface area contributed by atoms with E-state index in [1.807, 2.05) is 42.5 Å². The molecule has 0 unspecified atom stereocenters. The van der Waals surface area contributed by atoms with E-state index in [1.54, 1.807) is 6.07 Å². The Morgan fingerprint density at radius 3 is 2.33 bits per heavy atom. The van der Waals surface area contributed by atoms with Crippen molar-refractivity contribution in [2.75, 3.05) is 0 Å². The standard InChI is InChI=1S/C16H18O2/c1-12(2)10-13-8-9-15(11-16(13)17)18-14-6-4-3-5-7-14/h3-9,11-12,17H,10H2,1-2H3. The molecular weight excluding hydrogens is 224 g/mol. The molecule has 94 valence electrons. The number of benzene rings is 2. The Balaban J connectivity index is 2.14. The van der Waals surface area contributed by atoms with Crippen molar-refractivity contribution in [3.8, 4) is 17.2 Å². The lowest BCUT2D eigenvalue weighted by Gasteiger charge is -2.10. The first-order valence-electron chi connectivity index (χ1n) is 6.20. The molecule has 0 saturated heterocycles. The summed E-state index contributed by atoms with van der Waals surface area (Å²) in [5, 5.41) is 9.94. The third-order valence-corrected chi connectivity index (χ3v) is 2.66. The quantitative estimate of drug-likeness (QED) is 0.862. The third kappa shape index (κ3) is 3.27. The van der Waals surface area contributed by atoms with Gasteiger partial charge in [-0.15, -0.1) is 0 Å². The van der Waals surface area contributed by atoms with Crippen LogP contribution in [0.3, 0.4) is 0 Å². The summed E-state index contributed by atoms with van der Waals surface area (Å²) in [6.07, 6.45) is 0.872. The molecule has 0 fully saturated rings. The predicted molar refractivity (Wildman–Crippen MR) is 73.2 cm³/mol. The van der Waals surface area contributed by atoms with Crippen molar-refractivity contribution in [2.24, 2.45) is 5.92 Å². The number of rotatable bonds is 4. The third-order valence-electron chi connectivity index (χ3n) is 2.66. The van der Waals surface area contributed by atoms with Gasteiger partial charge >= 0.3 is 0 Å². The lowest BCUT2D eigenvalue weighted by atomic mass is 10.0. The van der Waals surface area contributed by atoms with Crippen molar-refractivity contribution in [1.82, 2.24) is 0 Å². The lowest BCUT2D eigenvalue weighted by Crippen LogP contribution is -1.94. The van der Waals surface area contributed by atoms with Crippen LogP contribution in [0.4, 0.5) is 0 Å². The van der Waals surface area contributed by atoms with Crippen molar-refractivity contribution >= 4 is 0 Å². The van der Waals surface area contributed by atoms with Gasteiger partial charge in [0.15, 0.2) is 0 Å². The fraction of sp³-hybridized carbons (Fsp3) is 0.250. The van der Waals surface area contributed by atoms with E-state index in [4.69, 9.17) is 4.74 Å². The molecule has 0 spiro atoms. The maximum absolute atomic E-state index is 9.94. The van der Waals surface area contributed by atoms with Crippen molar-refractivity contribution in [3.05, 3.63) is 54.1 Å². The zero-order chi connectivity index (χ0) is 13.0. The molecule has 0 atom stereocenters. The molecule has 18 heavy (non-hydrogen) atoms. The fourth-order valence-corrected chi connectivity index (χ4v) is 1.84. The van der Waals surface area contributed by atoms with Crippen LogP contribution in [0.25, 0.3) is 0 Å². The number of para-hydroxylation sites is 1. The predicted octanol–water partition coefficient (Wildman–Crippen LogP) is 4.38. The zero-order valence-corrected chi connectivity index (χ0v) is 10.8. The van der Waals surface area contributed by atoms with Gasteiger partial charge < -0.3 is 9.84 Å². The average molecular weight is 242 g/mol. The largest absolute Gasteiger partial charge is 0.508 e. The van der Waals surface area contributed by atoms with Crippen LogP contribution < -0.4 is 4.74 Å². The first-order chi connectivity index (χ1) is 8.65. The summed E-state index contributed by atoms with van der Waals surface area (Å²) in [6.45, 7) is 4.27. The molecule has 2 heteroatoms. The Morgan fingerprint density at radius 1 is 1.00 bits per heavy atom. The highest BCUT2D eigenvalue weighted by Gasteiger charge is 2.06. The molecule has 2 nitrogen and oxygen atoms in total. The average Bonchev–Trinajstić information content (AvgIpc) is 2.33. The van der Waals surface area contributed by atoms with Gasteiger partial charge in [-0.3, -0.25) is 0 Å². The summed E-state index contributed by atoms with van der Waals surface area (Å²) in [4.78, 5) is 0. The maximum Gasteiger partial charge on any atom is 0.131 e. The molecule has 2 rings (SSSR count). The first kappa shape index (κ1) is 12.5. The van der Waals surface area contributed by atoms with Gasteiger partial charge in [0.2, 0.25) is 0 Å². The second kappa shape index (κ2) is 5.58. The number of phenolic OH excluding ortho intramolecular Hbond substituents is 1. The summed E-state index contributed by atoms with van der Waals surface area (Å²) in [5.41, 5.74) is 0.963. The Bertz CT molecular complexity index is 504. The smallest absolute Gasteiger partial charge is 0.131 e. The van der Waals surface area contributed by atoms with E-state index in [0.717, 1.165) is 17.7 Å². The number of aromatic hydroxyl groups is 1. The molecule has 0 bridgehead atoms. The SMILES string of the molecule is CC(C)Cc1ccc(Oc2ccccc2)cc1O. The van der Waals surface area contributed by atoms with Crippen LogP contribution >= 0.6 is 0 Å². The molecule has 1 N–H and O–H groups in total. The minimum atomic E-state index is 0.303.